The third-order valence-corrected chi connectivity index (χ3v) is 4.56. The van der Waals surface area contributed by atoms with Crippen LogP contribution in [0.3, 0.4) is 0 Å². The summed E-state index contributed by atoms with van der Waals surface area (Å²) in [7, 11) is -3.61. The zero-order valence-electron chi connectivity index (χ0n) is 10.5. The number of hydrogen-bond donors (Lipinski definition) is 3. The first-order valence-electron chi connectivity index (χ1n) is 5.89. The zero-order chi connectivity index (χ0) is 14.6. The van der Waals surface area contributed by atoms with Gasteiger partial charge in [-0.15, -0.1) is 0 Å². The summed E-state index contributed by atoms with van der Waals surface area (Å²) < 4.78 is 26.6. The van der Waals surface area contributed by atoms with Crippen LogP contribution in [0.5, 0.6) is 0 Å². The molecule has 0 spiro atoms. The molecule has 0 atom stereocenters. The number of hydrogen-bond acceptors (Lipinski definition) is 4. The van der Waals surface area contributed by atoms with Crippen LogP contribution in [0.1, 0.15) is 11.3 Å². The third kappa shape index (κ3) is 3.57. The van der Waals surface area contributed by atoms with Gasteiger partial charge < -0.3 is 10.1 Å². The van der Waals surface area contributed by atoms with Gasteiger partial charge in [0, 0.05) is 29.9 Å². The van der Waals surface area contributed by atoms with Crippen molar-refractivity contribution in [3.8, 4) is 0 Å². The molecule has 2 aromatic rings. The second-order valence-corrected chi connectivity index (χ2v) is 6.31. The molecule has 8 heteroatoms. The van der Waals surface area contributed by atoms with Gasteiger partial charge in [-0.1, -0.05) is 17.7 Å². The molecule has 3 N–H and O–H groups in total. The zero-order valence-corrected chi connectivity index (χ0v) is 12.1. The molecule has 6 nitrogen and oxygen atoms in total. The highest BCUT2D eigenvalue weighted by Crippen LogP contribution is 2.20. The molecule has 0 aliphatic rings. The first-order chi connectivity index (χ1) is 9.53. The third-order valence-electron chi connectivity index (χ3n) is 2.75. The lowest BCUT2D eigenvalue weighted by Gasteiger charge is -2.08. The number of aromatic nitrogens is 2. The molecule has 20 heavy (non-hydrogen) atoms. The maximum Gasteiger partial charge on any atom is 0.240 e. The Balaban J connectivity index is 2.04. The van der Waals surface area contributed by atoms with Crippen molar-refractivity contribution in [2.75, 3.05) is 6.54 Å². The molecule has 0 radical (unpaired) electrons. The molecule has 1 heterocycles. The van der Waals surface area contributed by atoms with Crippen LogP contribution in [0.25, 0.3) is 0 Å². The molecule has 0 aliphatic carbocycles. The molecule has 2 rings (SSSR count). The molecular weight excluding hydrogens is 302 g/mol. The van der Waals surface area contributed by atoms with Crippen LogP contribution in [0, 0.1) is 0 Å². The smallest absolute Gasteiger partial charge is 0.240 e. The van der Waals surface area contributed by atoms with Crippen LogP contribution >= 0.6 is 11.6 Å². The maximum absolute atomic E-state index is 12.1. The Bertz CT molecular complexity index is 671. The number of nitrogens with zero attached hydrogens (tertiary/aromatic N) is 1. The molecule has 1 aromatic carbocycles. The summed E-state index contributed by atoms with van der Waals surface area (Å²) in [6, 6.07) is 4.23. The van der Waals surface area contributed by atoms with Crippen molar-refractivity contribution >= 4 is 21.6 Å². The molecule has 108 valence electrons. The number of aliphatic hydroxyl groups excluding tert-OH is 1. The Hall–Kier alpha value is -1.41. The van der Waals surface area contributed by atoms with Crippen LogP contribution in [-0.4, -0.2) is 30.0 Å². The van der Waals surface area contributed by atoms with E-state index in [0.29, 0.717) is 12.0 Å². The molecule has 0 bridgehead atoms. The van der Waals surface area contributed by atoms with E-state index in [2.05, 4.69) is 14.7 Å². The number of imidazole rings is 1. The Morgan fingerprint density at radius 3 is 2.80 bits per heavy atom. The van der Waals surface area contributed by atoms with E-state index in [9.17, 15) is 8.42 Å². The van der Waals surface area contributed by atoms with E-state index in [1.54, 1.807) is 6.20 Å². The van der Waals surface area contributed by atoms with Crippen LogP contribution in [0.4, 0.5) is 0 Å². The molecule has 0 aliphatic heterocycles. The van der Waals surface area contributed by atoms with E-state index in [-0.39, 0.29) is 23.1 Å². The van der Waals surface area contributed by atoms with Gasteiger partial charge in [-0.25, -0.2) is 18.1 Å². The summed E-state index contributed by atoms with van der Waals surface area (Å²) in [6.45, 7) is 0.0241. The Kier molecular flexibility index (Phi) is 4.77. The second-order valence-electron chi connectivity index (χ2n) is 4.14. The van der Waals surface area contributed by atoms with E-state index in [4.69, 9.17) is 16.7 Å². The molecule has 0 fully saturated rings. The second kappa shape index (κ2) is 6.36. The molecule has 0 saturated carbocycles. The fourth-order valence-electron chi connectivity index (χ4n) is 1.65. The largest absolute Gasteiger partial charge is 0.392 e. The monoisotopic (exact) mass is 315 g/mol. The van der Waals surface area contributed by atoms with Crippen molar-refractivity contribution in [1.29, 1.82) is 0 Å². The first kappa shape index (κ1) is 15.0. The summed E-state index contributed by atoms with van der Waals surface area (Å²) in [5.74, 6) is 0. The van der Waals surface area contributed by atoms with Gasteiger partial charge in [-0.05, 0) is 17.7 Å². The normalized spacial score (nSPS) is 11.7. The van der Waals surface area contributed by atoms with Gasteiger partial charge in [0.15, 0.2) is 0 Å². The van der Waals surface area contributed by atoms with E-state index < -0.39 is 10.0 Å². The lowest BCUT2D eigenvalue weighted by atomic mass is 10.2. The van der Waals surface area contributed by atoms with Gasteiger partial charge >= 0.3 is 0 Å². The SMILES string of the molecule is O=S(=O)(NCCc1cnc[nH]1)c1ccc(CO)c(Cl)c1. The summed E-state index contributed by atoms with van der Waals surface area (Å²) >= 11 is 5.89. The fraction of sp³-hybridized carbons (Fsp3) is 0.250. The van der Waals surface area contributed by atoms with E-state index in [1.807, 2.05) is 0 Å². The van der Waals surface area contributed by atoms with Crippen molar-refractivity contribution in [2.45, 2.75) is 17.9 Å². The minimum atomic E-state index is -3.61. The van der Waals surface area contributed by atoms with Gasteiger partial charge in [0.1, 0.15) is 0 Å². The molecule has 1 aromatic heterocycles. The number of nitrogens with one attached hydrogen (secondary N) is 2. The highest BCUT2D eigenvalue weighted by molar-refractivity contribution is 7.89. The predicted octanol–water partition coefficient (Wildman–Crippen LogP) is 1.08. The summed E-state index contributed by atoms with van der Waals surface area (Å²) in [5, 5.41) is 9.23. The van der Waals surface area contributed by atoms with Crippen LogP contribution < -0.4 is 4.72 Å². The van der Waals surface area contributed by atoms with Gasteiger partial charge in [0.2, 0.25) is 10.0 Å². The summed E-state index contributed by atoms with van der Waals surface area (Å²) in [6.07, 6.45) is 3.69. The lowest BCUT2D eigenvalue weighted by molar-refractivity contribution is 0.282. The van der Waals surface area contributed by atoms with Gasteiger partial charge in [-0.2, -0.15) is 0 Å². The van der Waals surface area contributed by atoms with Crippen molar-refractivity contribution in [2.24, 2.45) is 0 Å². The average molecular weight is 316 g/mol. The number of sulfonamides is 1. The first-order valence-corrected chi connectivity index (χ1v) is 7.75. The van der Waals surface area contributed by atoms with Crippen molar-refractivity contribution < 1.29 is 13.5 Å². The van der Waals surface area contributed by atoms with Crippen molar-refractivity contribution in [1.82, 2.24) is 14.7 Å². The molecular formula is C12H14ClN3O3S. The van der Waals surface area contributed by atoms with E-state index >= 15 is 0 Å². The minimum Gasteiger partial charge on any atom is -0.392 e. The van der Waals surface area contributed by atoms with Gasteiger partial charge in [-0.3, -0.25) is 0 Å². The molecule has 0 unspecified atom stereocenters. The number of benzene rings is 1. The van der Waals surface area contributed by atoms with Crippen LogP contribution in [0.2, 0.25) is 5.02 Å². The minimum absolute atomic E-state index is 0.0734. The van der Waals surface area contributed by atoms with Gasteiger partial charge in [0.25, 0.3) is 0 Å². The van der Waals surface area contributed by atoms with E-state index in [0.717, 1.165) is 5.69 Å². The quantitative estimate of drug-likeness (QED) is 0.743. The maximum atomic E-state index is 12.1. The summed E-state index contributed by atoms with van der Waals surface area (Å²) in [4.78, 5) is 6.82. The Morgan fingerprint density at radius 1 is 1.40 bits per heavy atom. The van der Waals surface area contributed by atoms with Crippen molar-refractivity contribution in [3.63, 3.8) is 0 Å². The summed E-state index contributed by atoms with van der Waals surface area (Å²) in [5.41, 5.74) is 1.34. The highest BCUT2D eigenvalue weighted by atomic mass is 35.5. The Labute approximate surface area is 121 Å². The lowest BCUT2D eigenvalue weighted by Crippen LogP contribution is -2.26. The van der Waals surface area contributed by atoms with Gasteiger partial charge in [0.05, 0.1) is 17.8 Å². The average Bonchev–Trinajstić information content (AvgIpc) is 2.91. The number of halogens is 1. The van der Waals surface area contributed by atoms with Crippen LogP contribution in [0.15, 0.2) is 35.6 Å². The Morgan fingerprint density at radius 2 is 2.20 bits per heavy atom. The number of rotatable bonds is 6. The predicted molar refractivity (Wildman–Crippen MR) is 74.9 cm³/mol. The van der Waals surface area contributed by atoms with E-state index in [1.165, 1.54) is 24.5 Å². The highest BCUT2D eigenvalue weighted by Gasteiger charge is 2.15. The fourth-order valence-corrected chi connectivity index (χ4v) is 3.01. The van der Waals surface area contributed by atoms with Crippen molar-refractivity contribution in [3.05, 3.63) is 47.0 Å². The molecule has 0 amide bonds. The number of aromatic amines is 1. The number of aliphatic hydroxyl groups is 1. The molecule has 0 saturated heterocycles. The topological polar surface area (TPSA) is 95.1 Å². The van der Waals surface area contributed by atoms with Crippen LogP contribution in [-0.2, 0) is 23.1 Å². The number of H-pyrrole nitrogens is 1. The standard InChI is InChI=1S/C12H14ClN3O3S/c13-12-5-11(2-1-9(12)7-17)20(18,19)16-4-3-10-6-14-8-15-10/h1-2,5-6,8,16-17H,3-4,7H2,(H,14,15).